The van der Waals surface area contributed by atoms with Crippen LogP contribution in [0.4, 0.5) is 17.2 Å². The molecule has 22 heavy (non-hydrogen) atoms. The molecule has 1 amide bonds. The molecule has 4 nitrogen and oxygen atoms in total. The van der Waals surface area contributed by atoms with Gasteiger partial charge in [0.1, 0.15) is 5.82 Å². The first-order valence-corrected chi connectivity index (χ1v) is 7.67. The van der Waals surface area contributed by atoms with Gasteiger partial charge in [-0.3, -0.25) is 4.79 Å². The van der Waals surface area contributed by atoms with Gasteiger partial charge in [0.15, 0.2) is 0 Å². The number of anilines is 3. The molecule has 0 bridgehead atoms. The fraction of sp³-hybridized carbons (Fsp3) is 0.250. The first-order valence-electron chi connectivity index (χ1n) is 6.92. The molecule has 0 fully saturated rings. The molecule has 1 aromatic heterocycles. The van der Waals surface area contributed by atoms with Crippen LogP contribution in [0.5, 0.6) is 0 Å². The SMILES string of the molecule is CC(C)CC(=O)Nc1ccc(Nc2ccc(Cl)cc2Cl)nc1. The van der Waals surface area contributed by atoms with Crippen LogP contribution >= 0.6 is 23.2 Å². The van der Waals surface area contributed by atoms with Gasteiger partial charge in [0.2, 0.25) is 5.91 Å². The molecule has 6 heteroatoms. The van der Waals surface area contributed by atoms with Gasteiger partial charge in [-0.05, 0) is 36.2 Å². The van der Waals surface area contributed by atoms with Gasteiger partial charge in [-0.2, -0.15) is 0 Å². The minimum absolute atomic E-state index is 0.0155. The highest BCUT2D eigenvalue weighted by molar-refractivity contribution is 6.36. The van der Waals surface area contributed by atoms with Gasteiger partial charge >= 0.3 is 0 Å². The number of carbonyl (C=O) groups excluding carboxylic acids is 1. The topological polar surface area (TPSA) is 54.0 Å². The maximum Gasteiger partial charge on any atom is 0.224 e. The molecule has 0 radical (unpaired) electrons. The zero-order chi connectivity index (χ0) is 16.1. The number of halogens is 2. The molecular formula is C16H17Cl2N3O. The number of carbonyl (C=O) groups is 1. The van der Waals surface area contributed by atoms with Gasteiger partial charge in [0, 0.05) is 11.4 Å². The number of hydrogen-bond donors (Lipinski definition) is 2. The smallest absolute Gasteiger partial charge is 0.224 e. The summed E-state index contributed by atoms with van der Waals surface area (Å²) in [6.45, 7) is 4.00. The van der Waals surface area contributed by atoms with Crippen molar-refractivity contribution in [2.45, 2.75) is 20.3 Å². The van der Waals surface area contributed by atoms with E-state index in [0.717, 1.165) is 5.69 Å². The summed E-state index contributed by atoms with van der Waals surface area (Å²) in [5.41, 5.74) is 1.38. The quantitative estimate of drug-likeness (QED) is 0.796. The van der Waals surface area contributed by atoms with E-state index in [9.17, 15) is 4.79 Å². The highest BCUT2D eigenvalue weighted by Gasteiger charge is 2.06. The summed E-state index contributed by atoms with van der Waals surface area (Å²) in [5, 5.41) is 7.00. The van der Waals surface area contributed by atoms with Crippen molar-refractivity contribution >= 4 is 46.3 Å². The highest BCUT2D eigenvalue weighted by Crippen LogP contribution is 2.27. The summed E-state index contributed by atoms with van der Waals surface area (Å²) in [5.74, 6) is 0.935. The number of nitrogens with zero attached hydrogens (tertiary/aromatic N) is 1. The minimum Gasteiger partial charge on any atom is -0.339 e. The van der Waals surface area contributed by atoms with Gasteiger partial charge in [0.25, 0.3) is 0 Å². The van der Waals surface area contributed by atoms with E-state index < -0.39 is 0 Å². The Morgan fingerprint density at radius 3 is 2.59 bits per heavy atom. The van der Waals surface area contributed by atoms with Gasteiger partial charge < -0.3 is 10.6 Å². The summed E-state index contributed by atoms with van der Waals surface area (Å²) in [6.07, 6.45) is 2.09. The number of amides is 1. The number of hydrogen-bond acceptors (Lipinski definition) is 3. The first kappa shape index (κ1) is 16.6. The largest absolute Gasteiger partial charge is 0.339 e. The van der Waals surface area contributed by atoms with Crippen molar-refractivity contribution in [3.63, 3.8) is 0 Å². The summed E-state index contributed by atoms with van der Waals surface area (Å²) in [4.78, 5) is 15.9. The molecule has 116 valence electrons. The van der Waals surface area contributed by atoms with E-state index in [4.69, 9.17) is 23.2 Å². The Balaban J connectivity index is 2.01. The Morgan fingerprint density at radius 2 is 2.00 bits per heavy atom. The van der Waals surface area contributed by atoms with Crippen molar-refractivity contribution in [3.05, 3.63) is 46.6 Å². The Hall–Kier alpha value is -1.78. The van der Waals surface area contributed by atoms with E-state index in [2.05, 4.69) is 15.6 Å². The molecule has 0 spiro atoms. The Morgan fingerprint density at radius 1 is 1.23 bits per heavy atom. The number of aromatic nitrogens is 1. The van der Waals surface area contributed by atoms with Gasteiger partial charge in [-0.25, -0.2) is 4.98 Å². The molecule has 0 aliphatic rings. The van der Waals surface area contributed by atoms with Crippen LogP contribution in [0.1, 0.15) is 20.3 Å². The van der Waals surface area contributed by atoms with Crippen LogP contribution < -0.4 is 10.6 Å². The molecule has 2 rings (SSSR count). The van der Waals surface area contributed by atoms with E-state index in [-0.39, 0.29) is 5.91 Å². The summed E-state index contributed by atoms with van der Waals surface area (Å²) >= 11 is 12.0. The van der Waals surface area contributed by atoms with E-state index in [1.54, 1.807) is 36.5 Å². The maximum absolute atomic E-state index is 11.7. The maximum atomic E-state index is 11.7. The van der Waals surface area contributed by atoms with Crippen molar-refractivity contribution in [3.8, 4) is 0 Å². The summed E-state index contributed by atoms with van der Waals surface area (Å²) in [6, 6.07) is 8.75. The van der Waals surface area contributed by atoms with Crippen molar-refractivity contribution in [1.82, 2.24) is 4.98 Å². The summed E-state index contributed by atoms with van der Waals surface area (Å²) in [7, 11) is 0. The third kappa shape index (κ3) is 4.90. The minimum atomic E-state index is -0.0155. The predicted molar refractivity (Wildman–Crippen MR) is 92.1 cm³/mol. The highest BCUT2D eigenvalue weighted by atomic mass is 35.5. The van der Waals surface area contributed by atoms with Crippen LogP contribution in [0.15, 0.2) is 36.5 Å². The van der Waals surface area contributed by atoms with Crippen molar-refractivity contribution < 1.29 is 4.79 Å². The predicted octanol–water partition coefficient (Wildman–Crippen LogP) is 5.12. The van der Waals surface area contributed by atoms with Gasteiger partial charge in [-0.15, -0.1) is 0 Å². The molecule has 0 aliphatic heterocycles. The molecule has 0 saturated carbocycles. The molecule has 0 aliphatic carbocycles. The summed E-state index contributed by atoms with van der Waals surface area (Å²) < 4.78 is 0. The van der Waals surface area contributed by atoms with Crippen molar-refractivity contribution in [2.75, 3.05) is 10.6 Å². The zero-order valence-corrected chi connectivity index (χ0v) is 13.9. The number of rotatable bonds is 5. The van der Waals surface area contributed by atoms with Crippen LogP contribution in [0.25, 0.3) is 0 Å². The molecule has 2 N–H and O–H groups in total. The first-order chi connectivity index (χ1) is 10.4. The Kier molecular flexibility index (Phi) is 5.63. The van der Waals surface area contributed by atoms with Crippen LogP contribution in [0.2, 0.25) is 10.0 Å². The van der Waals surface area contributed by atoms with Crippen molar-refractivity contribution in [1.29, 1.82) is 0 Å². The lowest BCUT2D eigenvalue weighted by Crippen LogP contribution is -2.13. The molecule has 1 heterocycles. The third-order valence-corrected chi connectivity index (χ3v) is 3.38. The molecule has 2 aromatic rings. The second kappa shape index (κ2) is 7.47. The monoisotopic (exact) mass is 337 g/mol. The lowest BCUT2D eigenvalue weighted by atomic mass is 10.1. The van der Waals surface area contributed by atoms with Crippen LogP contribution in [0.3, 0.4) is 0 Å². The van der Waals surface area contributed by atoms with E-state index in [0.29, 0.717) is 33.9 Å². The lowest BCUT2D eigenvalue weighted by molar-refractivity contribution is -0.116. The number of benzene rings is 1. The second-order valence-corrected chi connectivity index (χ2v) is 6.17. The Labute approximate surface area is 139 Å². The normalized spacial score (nSPS) is 10.6. The number of nitrogens with one attached hydrogen (secondary N) is 2. The molecule has 1 aromatic carbocycles. The van der Waals surface area contributed by atoms with E-state index >= 15 is 0 Å². The standard InChI is InChI=1S/C16H17Cl2N3O/c1-10(2)7-16(22)20-12-4-6-15(19-9-12)21-14-5-3-11(17)8-13(14)18/h3-6,8-10H,7H2,1-2H3,(H,19,21)(H,20,22). The van der Waals surface area contributed by atoms with E-state index in [1.807, 2.05) is 13.8 Å². The van der Waals surface area contributed by atoms with Gasteiger partial charge in [-0.1, -0.05) is 37.0 Å². The average Bonchev–Trinajstić information content (AvgIpc) is 2.43. The lowest BCUT2D eigenvalue weighted by Gasteiger charge is -2.10. The molecule has 0 atom stereocenters. The van der Waals surface area contributed by atoms with Crippen LogP contribution in [-0.2, 0) is 4.79 Å². The molecule has 0 saturated heterocycles. The fourth-order valence-electron chi connectivity index (χ4n) is 1.85. The second-order valence-electron chi connectivity index (χ2n) is 5.33. The molecular weight excluding hydrogens is 321 g/mol. The third-order valence-electron chi connectivity index (χ3n) is 2.83. The fourth-order valence-corrected chi connectivity index (χ4v) is 2.31. The zero-order valence-electron chi connectivity index (χ0n) is 12.4. The molecule has 0 unspecified atom stereocenters. The average molecular weight is 338 g/mol. The van der Waals surface area contributed by atoms with Crippen molar-refractivity contribution in [2.24, 2.45) is 5.92 Å². The number of pyridine rings is 1. The van der Waals surface area contributed by atoms with E-state index in [1.165, 1.54) is 0 Å². The van der Waals surface area contributed by atoms with Crippen LogP contribution in [0, 0.1) is 5.92 Å². The Bertz CT molecular complexity index is 657. The van der Waals surface area contributed by atoms with Gasteiger partial charge in [0.05, 0.1) is 22.6 Å². The van der Waals surface area contributed by atoms with Crippen LogP contribution in [-0.4, -0.2) is 10.9 Å².